The Morgan fingerprint density at radius 1 is 1.21 bits per heavy atom. The van der Waals surface area contributed by atoms with Crippen LogP contribution in [-0.2, 0) is 10.0 Å². The highest BCUT2D eigenvalue weighted by Gasteiger charge is 2.53. The van der Waals surface area contributed by atoms with Crippen molar-refractivity contribution in [2.45, 2.75) is 65.5 Å². The van der Waals surface area contributed by atoms with Crippen LogP contribution in [0.4, 0.5) is 0 Å². The van der Waals surface area contributed by atoms with E-state index in [-0.39, 0.29) is 16.9 Å². The van der Waals surface area contributed by atoms with Crippen LogP contribution >= 0.6 is 0 Å². The minimum atomic E-state index is -3.48. The summed E-state index contributed by atoms with van der Waals surface area (Å²) in [5.41, 5.74) is 1.04. The number of sulfonamides is 1. The topological polar surface area (TPSA) is 57.6 Å². The van der Waals surface area contributed by atoms with Gasteiger partial charge < -0.3 is 5.11 Å². The van der Waals surface area contributed by atoms with Crippen LogP contribution in [0.2, 0.25) is 0 Å². The van der Waals surface area contributed by atoms with E-state index < -0.39 is 16.1 Å². The molecule has 1 saturated heterocycles. The Labute approximate surface area is 146 Å². The first-order chi connectivity index (χ1) is 11.0. The lowest BCUT2D eigenvalue weighted by molar-refractivity contribution is 0.133. The Morgan fingerprint density at radius 3 is 2.58 bits per heavy atom. The summed E-state index contributed by atoms with van der Waals surface area (Å²) in [4.78, 5) is 0.364. The molecule has 1 aliphatic heterocycles. The van der Waals surface area contributed by atoms with Gasteiger partial charge in [0.15, 0.2) is 0 Å². The van der Waals surface area contributed by atoms with E-state index in [0.717, 1.165) is 24.8 Å². The zero-order chi connectivity index (χ0) is 17.8. The van der Waals surface area contributed by atoms with Gasteiger partial charge in [0.2, 0.25) is 10.0 Å². The summed E-state index contributed by atoms with van der Waals surface area (Å²) >= 11 is 0. The molecule has 0 aromatic rings. The number of aliphatic hydroxyl groups excluding tert-OH is 1. The van der Waals surface area contributed by atoms with Gasteiger partial charge in [0.05, 0.1) is 11.0 Å². The van der Waals surface area contributed by atoms with E-state index in [0.29, 0.717) is 17.9 Å². The van der Waals surface area contributed by atoms with Crippen LogP contribution < -0.4 is 0 Å². The number of aliphatic hydroxyl groups is 1. The Kier molecular flexibility index (Phi) is 4.34. The van der Waals surface area contributed by atoms with Crippen molar-refractivity contribution < 1.29 is 13.5 Å². The van der Waals surface area contributed by atoms with E-state index >= 15 is 0 Å². The summed E-state index contributed by atoms with van der Waals surface area (Å²) < 4.78 is 28.2. The summed E-state index contributed by atoms with van der Waals surface area (Å²) in [5.74, 6) is 0. The number of hydrogen-bond acceptors (Lipinski definition) is 3. The zero-order valence-electron chi connectivity index (χ0n) is 15.1. The second kappa shape index (κ2) is 5.82. The second-order valence-corrected chi connectivity index (χ2v) is 10.7. The van der Waals surface area contributed by atoms with Gasteiger partial charge in [-0.1, -0.05) is 39.0 Å². The highest BCUT2D eigenvalue weighted by molar-refractivity contribution is 7.93. The van der Waals surface area contributed by atoms with Gasteiger partial charge in [0, 0.05) is 12.6 Å². The molecule has 1 N–H and O–H groups in total. The minimum Gasteiger partial charge on any atom is -0.389 e. The fourth-order valence-electron chi connectivity index (χ4n) is 4.95. The largest absolute Gasteiger partial charge is 0.389 e. The van der Waals surface area contributed by atoms with Crippen molar-refractivity contribution in [3.05, 3.63) is 34.8 Å². The third kappa shape index (κ3) is 3.26. The van der Waals surface area contributed by atoms with Crippen LogP contribution in [0.25, 0.3) is 0 Å². The van der Waals surface area contributed by atoms with Crippen molar-refractivity contribution in [2.24, 2.45) is 10.8 Å². The first kappa shape index (κ1) is 17.9. The molecule has 134 valence electrons. The molecular weight excluding hydrogens is 322 g/mol. The Hall–Kier alpha value is -0.910. The van der Waals surface area contributed by atoms with Gasteiger partial charge in [-0.2, -0.15) is 4.31 Å². The van der Waals surface area contributed by atoms with Crippen LogP contribution in [-0.4, -0.2) is 36.5 Å². The van der Waals surface area contributed by atoms with Gasteiger partial charge in [0.1, 0.15) is 0 Å². The molecule has 3 aliphatic rings. The summed E-state index contributed by atoms with van der Waals surface area (Å²) in [5, 5.41) is 9.71. The van der Waals surface area contributed by atoms with E-state index in [4.69, 9.17) is 0 Å². The summed E-state index contributed by atoms with van der Waals surface area (Å²) in [6, 6.07) is 0.102. The number of fused-ring (bicyclic) bond motifs is 2. The normalized spacial score (nSPS) is 34.5. The lowest BCUT2D eigenvalue weighted by atomic mass is 9.65. The first-order valence-electron chi connectivity index (χ1n) is 8.81. The maximum atomic E-state index is 13.2. The number of hydrogen-bond donors (Lipinski definition) is 1. The fraction of sp³-hybridized carbons (Fsp3) is 0.684. The molecule has 2 bridgehead atoms. The van der Waals surface area contributed by atoms with Gasteiger partial charge in [0.25, 0.3) is 0 Å². The molecule has 0 amide bonds. The van der Waals surface area contributed by atoms with Gasteiger partial charge in [-0.25, -0.2) is 8.42 Å². The molecule has 0 aromatic carbocycles. The van der Waals surface area contributed by atoms with E-state index in [2.05, 4.69) is 20.8 Å². The van der Waals surface area contributed by atoms with E-state index in [1.807, 2.05) is 6.08 Å². The average molecular weight is 352 g/mol. The molecule has 3 rings (SSSR count). The Bertz CT molecular complexity index is 715. The second-order valence-electron chi connectivity index (χ2n) is 8.82. The number of allylic oxidation sites excluding steroid dienone is 3. The maximum Gasteiger partial charge on any atom is 0.243 e. The zero-order valence-corrected chi connectivity index (χ0v) is 15.9. The maximum absolute atomic E-state index is 13.2. The molecule has 3 unspecified atom stereocenters. The number of nitrogens with zero attached hydrogens (tertiary/aromatic N) is 1. The summed E-state index contributed by atoms with van der Waals surface area (Å²) in [6.45, 7) is 9.03. The van der Waals surface area contributed by atoms with Gasteiger partial charge in [-0.3, -0.25) is 0 Å². The highest BCUT2D eigenvalue weighted by atomic mass is 32.2. The third-order valence-corrected chi connectivity index (χ3v) is 7.51. The predicted molar refractivity (Wildman–Crippen MR) is 96.8 cm³/mol. The molecule has 2 aliphatic carbocycles. The quantitative estimate of drug-likeness (QED) is 0.848. The molecule has 2 fully saturated rings. The van der Waals surface area contributed by atoms with Crippen LogP contribution in [0.1, 0.15) is 53.4 Å². The first-order valence-corrected chi connectivity index (χ1v) is 10.2. The molecule has 5 heteroatoms. The molecular formula is C19H29NO3S. The van der Waals surface area contributed by atoms with Crippen molar-refractivity contribution in [1.82, 2.24) is 4.31 Å². The lowest BCUT2D eigenvalue weighted by Crippen LogP contribution is -2.38. The van der Waals surface area contributed by atoms with Crippen molar-refractivity contribution in [2.75, 3.05) is 6.54 Å². The molecule has 0 radical (unpaired) electrons. The molecule has 0 aromatic heterocycles. The highest BCUT2D eigenvalue weighted by Crippen LogP contribution is 2.53. The van der Waals surface area contributed by atoms with Crippen LogP contribution in [0, 0.1) is 10.8 Å². The third-order valence-electron chi connectivity index (χ3n) is 5.57. The van der Waals surface area contributed by atoms with Crippen molar-refractivity contribution in [3.63, 3.8) is 0 Å². The van der Waals surface area contributed by atoms with E-state index in [1.54, 1.807) is 29.5 Å². The smallest absolute Gasteiger partial charge is 0.243 e. The molecule has 0 spiro atoms. The van der Waals surface area contributed by atoms with Gasteiger partial charge in [-0.15, -0.1) is 0 Å². The molecule has 1 saturated carbocycles. The summed E-state index contributed by atoms with van der Waals surface area (Å²) in [6.07, 6.45) is 9.94. The van der Waals surface area contributed by atoms with Crippen LogP contribution in [0.5, 0.6) is 0 Å². The van der Waals surface area contributed by atoms with Crippen molar-refractivity contribution in [3.8, 4) is 0 Å². The predicted octanol–water partition coefficient (Wildman–Crippen LogP) is 3.37. The Balaban J connectivity index is 1.88. The van der Waals surface area contributed by atoms with Crippen molar-refractivity contribution in [1.29, 1.82) is 0 Å². The monoisotopic (exact) mass is 351 g/mol. The van der Waals surface area contributed by atoms with Gasteiger partial charge in [-0.05, 0) is 55.1 Å². The molecule has 4 nitrogen and oxygen atoms in total. The standard InChI is InChI=1S/C19H29NO3S/c1-14(21)15-6-5-7-17(9-8-15)24(22,23)20-13-19(4)11-16(20)10-18(2,3)12-19/h6-9,14,16,21H,5,10-13H2,1-4H3. The number of rotatable bonds is 3. The molecule has 3 atom stereocenters. The van der Waals surface area contributed by atoms with Crippen molar-refractivity contribution >= 4 is 10.0 Å². The van der Waals surface area contributed by atoms with Gasteiger partial charge >= 0.3 is 0 Å². The van der Waals surface area contributed by atoms with Crippen LogP contribution in [0.15, 0.2) is 34.8 Å². The molecule has 24 heavy (non-hydrogen) atoms. The van der Waals surface area contributed by atoms with E-state index in [1.165, 1.54) is 0 Å². The lowest BCUT2D eigenvalue weighted by Gasteiger charge is -2.39. The van der Waals surface area contributed by atoms with E-state index in [9.17, 15) is 13.5 Å². The SMILES string of the molecule is CC(O)C1=CCC=C(S(=O)(=O)N2CC3(C)CC2CC(C)(C)C3)C=C1. The molecule has 1 heterocycles. The fourth-order valence-corrected chi connectivity index (χ4v) is 6.79. The summed E-state index contributed by atoms with van der Waals surface area (Å²) in [7, 11) is -3.48. The minimum absolute atomic E-state index is 0.0809. The van der Waals surface area contributed by atoms with Crippen LogP contribution in [0.3, 0.4) is 0 Å². The Morgan fingerprint density at radius 2 is 1.92 bits per heavy atom. The average Bonchev–Trinajstić information content (AvgIpc) is 2.63.